The van der Waals surface area contributed by atoms with Crippen molar-refractivity contribution in [3.05, 3.63) is 0 Å². The Balaban J connectivity index is 0.000000220. The van der Waals surface area contributed by atoms with E-state index in [9.17, 15) is 20.4 Å². The molecule has 2 heterocycles. The lowest BCUT2D eigenvalue weighted by Crippen LogP contribution is -2.33. The summed E-state index contributed by atoms with van der Waals surface area (Å²) in [5.41, 5.74) is 0. The SMILES string of the molecule is CO[C@@H]1O[C@H](CCl)[C@@H](O)[C@@H]1O.CO[C@H]1O[C@H](CCl)[C@@H](O)[C@@H]1O. The summed E-state index contributed by atoms with van der Waals surface area (Å²) in [6.45, 7) is 0. The van der Waals surface area contributed by atoms with Gasteiger partial charge in [-0.15, -0.1) is 23.2 Å². The van der Waals surface area contributed by atoms with E-state index in [4.69, 9.17) is 42.1 Å². The van der Waals surface area contributed by atoms with Gasteiger partial charge in [0.2, 0.25) is 0 Å². The van der Waals surface area contributed by atoms with E-state index in [1.165, 1.54) is 14.2 Å². The Morgan fingerprint density at radius 2 is 1.05 bits per heavy atom. The van der Waals surface area contributed by atoms with Crippen LogP contribution in [0.2, 0.25) is 0 Å². The van der Waals surface area contributed by atoms with Crippen LogP contribution in [0.3, 0.4) is 0 Å². The van der Waals surface area contributed by atoms with Crippen LogP contribution in [0.4, 0.5) is 0 Å². The van der Waals surface area contributed by atoms with Crippen molar-refractivity contribution in [2.24, 2.45) is 0 Å². The first-order valence-corrected chi connectivity index (χ1v) is 7.68. The highest BCUT2D eigenvalue weighted by Gasteiger charge is 2.43. The summed E-state index contributed by atoms with van der Waals surface area (Å²) < 4.78 is 19.5. The molecule has 2 fully saturated rings. The van der Waals surface area contributed by atoms with Crippen molar-refractivity contribution in [3.63, 3.8) is 0 Å². The van der Waals surface area contributed by atoms with Crippen LogP contribution < -0.4 is 0 Å². The molecule has 2 aliphatic rings. The van der Waals surface area contributed by atoms with Gasteiger partial charge < -0.3 is 39.4 Å². The highest BCUT2D eigenvalue weighted by Crippen LogP contribution is 2.23. The first kappa shape index (κ1) is 20.3. The van der Waals surface area contributed by atoms with E-state index in [1.54, 1.807) is 0 Å². The van der Waals surface area contributed by atoms with E-state index in [0.29, 0.717) is 0 Å². The number of hydrogen-bond donors (Lipinski definition) is 4. The van der Waals surface area contributed by atoms with Crippen molar-refractivity contribution >= 4 is 23.2 Å². The monoisotopic (exact) mass is 364 g/mol. The van der Waals surface area contributed by atoms with Crippen LogP contribution in [0.5, 0.6) is 0 Å². The maximum Gasteiger partial charge on any atom is 0.186 e. The molecule has 2 rings (SSSR count). The van der Waals surface area contributed by atoms with Crippen LogP contribution in [0.15, 0.2) is 0 Å². The Morgan fingerprint density at radius 3 is 1.18 bits per heavy atom. The van der Waals surface area contributed by atoms with Crippen LogP contribution in [0.1, 0.15) is 0 Å². The highest BCUT2D eigenvalue weighted by atomic mass is 35.5. The summed E-state index contributed by atoms with van der Waals surface area (Å²) in [6, 6.07) is 0. The predicted molar refractivity (Wildman–Crippen MR) is 76.8 cm³/mol. The van der Waals surface area contributed by atoms with Crippen LogP contribution in [0, 0.1) is 0 Å². The third-order valence-electron chi connectivity index (χ3n) is 3.41. The largest absolute Gasteiger partial charge is 0.387 e. The summed E-state index contributed by atoms with van der Waals surface area (Å²) in [5, 5.41) is 36.8. The van der Waals surface area contributed by atoms with Gasteiger partial charge in [0.25, 0.3) is 0 Å². The number of methoxy groups -OCH3 is 2. The summed E-state index contributed by atoms with van der Waals surface area (Å²) in [6.07, 6.45) is -6.46. The molecule has 10 heteroatoms. The first-order valence-electron chi connectivity index (χ1n) is 6.61. The zero-order valence-electron chi connectivity index (χ0n) is 12.2. The zero-order chi connectivity index (χ0) is 16.9. The molecule has 0 bridgehead atoms. The van der Waals surface area contributed by atoms with Crippen molar-refractivity contribution < 1.29 is 39.4 Å². The molecule has 0 aromatic rings. The molecule has 4 N–H and O–H groups in total. The quantitative estimate of drug-likeness (QED) is 0.451. The molecular formula is C12H22Cl2O8. The fourth-order valence-electron chi connectivity index (χ4n) is 2.07. The van der Waals surface area contributed by atoms with Gasteiger partial charge in [0.15, 0.2) is 12.6 Å². The normalized spacial score (nSPS) is 44.7. The first-order chi connectivity index (χ1) is 10.4. The van der Waals surface area contributed by atoms with Crippen LogP contribution in [0.25, 0.3) is 0 Å². The molecule has 8 atom stereocenters. The smallest absolute Gasteiger partial charge is 0.186 e. The molecule has 8 nitrogen and oxygen atoms in total. The Labute approximate surface area is 138 Å². The number of alkyl halides is 2. The summed E-state index contributed by atoms with van der Waals surface area (Å²) in [7, 11) is 2.80. The molecule has 0 radical (unpaired) electrons. The number of hydrogen-bond acceptors (Lipinski definition) is 8. The summed E-state index contributed by atoms with van der Waals surface area (Å²) in [4.78, 5) is 0. The maximum absolute atomic E-state index is 9.22. The lowest BCUT2D eigenvalue weighted by atomic mass is 10.2. The molecule has 2 saturated heterocycles. The van der Waals surface area contributed by atoms with Gasteiger partial charge >= 0.3 is 0 Å². The van der Waals surface area contributed by atoms with Gasteiger partial charge in [-0.2, -0.15) is 0 Å². The van der Waals surface area contributed by atoms with E-state index in [0.717, 1.165) is 0 Å². The van der Waals surface area contributed by atoms with Crippen molar-refractivity contribution in [1.29, 1.82) is 0 Å². The Morgan fingerprint density at radius 1 is 0.727 bits per heavy atom. The van der Waals surface area contributed by atoms with Gasteiger partial charge in [-0.05, 0) is 0 Å². The number of aliphatic hydroxyl groups is 4. The molecular weight excluding hydrogens is 343 g/mol. The lowest BCUT2D eigenvalue weighted by Gasteiger charge is -2.11. The number of ether oxygens (including phenoxy) is 4. The van der Waals surface area contributed by atoms with E-state index in [-0.39, 0.29) is 11.8 Å². The molecule has 0 spiro atoms. The minimum atomic E-state index is -0.997. The minimum absolute atomic E-state index is 0.151. The fourth-order valence-corrected chi connectivity index (χ4v) is 2.58. The van der Waals surface area contributed by atoms with Gasteiger partial charge in [0, 0.05) is 14.2 Å². The number of halogens is 2. The van der Waals surface area contributed by atoms with Gasteiger partial charge in [-0.3, -0.25) is 0 Å². The molecule has 2 aliphatic heterocycles. The zero-order valence-corrected chi connectivity index (χ0v) is 13.7. The molecule has 132 valence electrons. The molecule has 0 aromatic heterocycles. The van der Waals surface area contributed by atoms with E-state index < -0.39 is 49.2 Å². The second-order valence-corrected chi connectivity index (χ2v) is 5.45. The van der Waals surface area contributed by atoms with Crippen LogP contribution >= 0.6 is 23.2 Å². The van der Waals surface area contributed by atoms with Gasteiger partial charge in [-0.25, -0.2) is 0 Å². The average molecular weight is 365 g/mol. The second kappa shape index (κ2) is 9.53. The Kier molecular flexibility index (Phi) is 8.80. The van der Waals surface area contributed by atoms with Crippen LogP contribution in [-0.2, 0) is 18.9 Å². The van der Waals surface area contributed by atoms with Crippen LogP contribution in [-0.4, -0.2) is 95.6 Å². The summed E-state index contributed by atoms with van der Waals surface area (Å²) >= 11 is 10.9. The number of aliphatic hydroxyl groups excluding tert-OH is 4. The molecule has 0 unspecified atom stereocenters. The third kappa shape index (κ3) is 4.64. The average Bonchev–Trinajstić information content (AvgIpc) is 2.98. The Hall–Kier alpha value is 0.260. The predicted octanol–water partition coefficient (Wildman–Crippen LogP) is -1.36. The van der Waals surface area contributed by atoms with Crippen molar-refractivity contribution in [1.82, 2.24) is 0 Å². The van der Waals surface area contributed by atoms with Gasteiger partial charge in [0.1, 0.15) is 36.6 Å². The minimum Gasteiger partial charge on any atom is -0.387 e. The molecule has 0 amide bonds. The molecule has 0 saturated carbocycles. The maximum atomic E-state index is 9.22. The number of rotatable bonds is 4. The van der Waals surface area contributed by atoms with Gasteiger partial charge in [0.05, 0.1) is 11.8 Å². The molecule has 22 heavy (non-hydrogen) atoms. The molecule has 0 aliphatic carbocycles. The van der Waals surface area contributed by atoms with Crippen molar-refractivity contribution in [2.45, 2.75) is 49.2 Å². The van der Waals surface area contributed by atoms with E-state index in [2.05, 4.69) is 0 Å². The highest BCUT2D eigenvalue weighted by molar-refractivity contribution is 6.18. The third-order valence-corrected chi connectivity index (χ3v) is 4.01. The standard InChI is InChI=1S/2C6H11ClO4/c2*1-10-6-5(9)4(8)3(2-7)11-6/h2*3-6,8-9H,2H2,1H3/t3-,4-,5+,6+;3-,4-,5+,6-/m11/s1. The summed E-state index contributed by atoms with van der Waals surface area (Å²) in [5.74, 6) is 0.302. The van der Waals surface area contributed by atoms with Crippen molar-refractivity contribution in [3.8, 4) is 0 Å². The van der Waals surface area contributed by atoms with Crippen molar-refractivity contribution in [2.75, 3.05) is 26.0 Å². The molecule has 0 aromatic carbocycles. The van der Waals surface area contributed by atoms with E-state index >= 15 is 0 Å². The fraction of sp³-hybridized carbons (Fsp3) is 1.00. The lowest BCUT2D eigenvalue weighted by molar-refractivity contribution is -0.145. The Bertz CT molecular complexity index is 258. The topological polar surface area (TPSA) is 118 Å². The second-order valence-electron chi connectivity index (χ2n) is 4.83. The van der Waals surface area contributed by atoms with Gasteiger partial charge in [-0.1, -0.05) is 0 Å². The van der Waals surface area contributed by atoms with E-state index in [1.807, 2.05) is 0 Å².